The maximum atomic E-state index is 10.7. The topological polar surface area (TPSA) is 49.3 Å². The molecule has 0 aliphatic carbocycles. The molecule has 4 heteroatoms. The van der Waals surface area contributed by atoms with Crippen LogP contribution in [0.3, 0.4) is 0 Å². The van der Waals surface area contributed by atoms with Gasteiger partial charge in [0.15, 0.2) is 0 Å². The van der Waals surface area contributed by atoms with Crippen LogP contribution >= 0.6 is 15.9 Å². The lowest BCUT2D eigenvalue weighted by Crippen LogP contribution is -2.31. The molecule has 0 radical (unpaired) electrons. The van der Waals surface area contributed by atoms with E-state index in [1.807, 2.05) is 6.92 Å². The first-order valence-corrected chi connectivity index (χ1v) is 3.66. The molecule has 0 aromatic carbocycles. The minimum absolute atomic E-state index is 0.167. The van der Waals surface area contributed by atoms with E-state index in [4.69, 9.17) is 5.11 Å². The summed E-state index contributed by atoms with van der Waals surface area (Å²) in [5, 5.41) is 10.5. The van der Waals surface area contributed by atoms with Gasteiger partial charge in [-0.3, -0.25) is 4.79 Å². The summed E-state index contributed by atoms with van der Waals surface area (Å²) in [4.78, 5) is 10.5. The van der Waals surface area contributed by atoms with Crippen molar-refractivity contribution < 1.29 is 9.90 Å². The monoisotopic (exact) mass is 195 g/mol. The first kappa shape index (κ1) is 8.91. The van der Waals surface area contributed by atoms with Crippen LogP contribution in [0, 0.1) is 0 Å². The van der Waals surface area contributed by atoms with Gasteiger partial charge in [0.05, 0.1) is 4.83 Å². The summed E-state index contributed by atoms with van der Waals surface area (Å²) in [6.07, 6.45) is 0.728. The van der Waals surface area contributed by atoms with Crippen LogP contribution in [-0.2, 0) is 4.79 Å². The number of alkyl halides is 1. The Balaban J connectivity index is 3.46. The summed E-state index contributed by atoms with van der Waals surface area (Å²) in [5.74, 6) is -0.167. The molecule has 9 heavy (non-hydrogen) atoms. The molecule has 1 unspecified atom stereocenters. The smallest absolute Gasteiger partial charge is 0.235 e. The minimum Gasteiger partial charge on any atom is -0.377 e. The van der Waals surface area contributed by atoms with Gasteiger partial charge in [0, 0.05) is 0 Å². The Bertz CT molecular complexity index is 97.0. The van der Waals surface area contributed by atoms with Crippen molar-refractivity contribution >= 4 is 21.8 Å². The third kappa shape index (κ3) is 3.48. The molecule has 1 amide bonds. The number of aliphatic hydroxyl groups excluding tert-OH is 1. The average Bonchev–Trinajstić information content (AvgIpc) is 1.87. The number of carbonyl (C=O) groups is 1. The number of amides is 1. The molecule has 0 aromatic heterocycles. The first-order valence-electron chi connectivity index (χ1n) is 2.75. The van der Waals surface area contributed by atoms with E-state index in [1.165, 1.54) is 0 Å². The summed E-state index contributed by atoms with van der Waals surface area (Å²) in [6.45, 7) is 1.59. The normalized spacial score (nSPS) is 12.8. The molecular formula is C5H10BrNO2. The van der Waals surface area contributed by atoms with Crippen molar-refractivity contribution in [2.75, 3.05) is 6.73 Å². The summed E-state index contributed by atoms with van der Waals surface area (Å²) in [5.41, 5.74) is 0. The predicted molar refractivity (Wildman–Crippen MR) is 38.2 cm³/mol. The molecule has 0 heterocycles. The van der Waals surface area contributed by atoms with Gasteiger partial charge in [-0.05, 0) is 6.42 Å². The fourth-order valence-electron chi connectivity index (χ4n) is 0.374. The number of nitrogens with one attached hydrogen (secondary N) is 1. The third-order valence-corrected chi connectivity index (χ3v) is 1.96. The summed E-state index contributed by atoms with van der Waals surface area (Å²) >= 11 is 3.12. The predicted octanol–water partition coefficient (Wildman–Crippen LogP) is 0.226. The number of hydrogen-bond donors (Lipinski definition) is 2. The van der Waals surface area contributed by atoms with Crippen molar-refractivity contribution in [3.63, 3.8) is 0 Å². The lowest BCUT2D eigenvalue weighted by molar-refractivity contribution is -0.121. The van der Waals surface area contributed by atoms with Crippen molar-refractivity contribution in [1.82, 2.24) is 5.32 Å². The van der Waals surface area contributed by atoms with E-state index in [2.05, 4.69) is 21.2 Å². The highest BCUT2D eigenvalue weighted by Crippen LogP contribution is 2.02. The van der Waals surface area contributed by atoms with Crippen molar-refractivity contribution in [3.8, 4) is 0 Å². The van der Waals surface area contributed by atoms with Gasteiger partial charge in [0.1, 0.15) is 6.73 Å². The third-order valence-electron chi connectivity index (χ3n) is 0.896. The van der Waals surface area contributed by atoms with Gasteiger partial charge >= 0.3 is 0 Å². The highest BCUT2D eigenvalue weighted by atomic mass is 79.9. The van der Waals surface area contributed by atoms with E-state index in [9.17, 15) is 4.79 Å². The highest BCUT2D eigenvalue weighted by molar-refractivity contribution is 9.10. The SMILES string of the molecule is CCC(Br)C(=O)NCO. The Morgan fingerprint density at radius 3 is 2.78 bits per heavy atom. The molecule has 0 saturated heterocycles. The summed E-state index contributed by atoms with van der Waals surface area (Å²) in [7, 11) is 0. The van der Waals surface area contributed by atoms with Crippen LogP contribution in [-0.4, -0.2) is 22.6 Å². The number of rotatable bonds is 3. The molecule has 54 valence electrons. The molecule has 0 aliphatic heterocycles. The Kier molecular flexibility index (Phi) is 4.71. The number of hydrogen-bond acceptors (Lipinski definition) is 2. The van der Waals surface area contributed by atoms with Crippen LogP contribution in [0.1, 0.15) is 13.3 Å². The van der Waals surface area contributed by atoms with Gasteiger partial charge in [0.2, 0.25) is 5.91 Å². The summed E-state index contributed by atoms with van der Waals surface area (Å²) in [6, 6.07) is 0. The fraction of sp³-hybridized carbons (Fsp3) is 0.800. The number of halogens is 1. The molecule has 0 spiro atoms. The largest absolute Gasteiger partial charge is 0.377 e. The number of aliphatic hydroxyl groups is 1. The lowest BCUT2D eigenvalue weighted by Gasteiger charge is -2.04. The van der Waals surface area contributed by atoms with Crippen molar-refractivity contribution in [2.24, 2.45) is 0 Å². The molecule has 0 saturated carbocycles. The average molecular weight is 196 g/mol. The Hall–Kier alpha value is -0.0900. The van der Waals surface area contributed by atoms with Gasteiger partial charge in [-0.15, -0.1) is 0 Å². The zero-order valence-electron chi connectivity index (χ0n) is 5.22. The van der Waals surface area contributed by atoms with Gasteiger partial charge in [-0.2, -0.15) is 0 Å². The molecular weight excluding hydrogens is 186 g/mol. The fourth-order valence-corrected chi connectivity index (χ4v) is 0.536. The van der Waals surface area contributed by atoms with Crippen LogP contribution in [0.5, 0.6) is 0 Å². The van der Waals surface area contributed by atoms with Gasteiger partial charge in [0.25, 0.3) is 0 Å². The second-order valence-electron chi connectivity index (χ2n) is 1.57. The van der Waals surface area contributed by atoms with Gasteiger partial charge in [-0.25, -0.2) is 0 Å². The quantitative estimate of drug-likeness (QED) is 0.501. The molecule has 0 rings (SSSR count). The maximum Gasteiger partial charge on any atom is 0.235 e. The molecule has 0 aromatic rings. The Morgan fingerprint density at radius 2 is 2.44 bits per heavy atom. The minimum atomic E-state index is -0.291. The van der Waals surface area contributed by atoms with Crippen LogP contribution < -0.4 is 5.32 Å². The molecule has 2 N–H and O–H groups in total. The van der Waals surface area contributed by atoms with Crippen LogP contribution in [0.2, 0.25) is 0 Å². The maximum absolute atomic E-state index is 10.7. The first-order chi connectivity index (χ1) is 4.22. The molecule has 1 atom stereocenters. The van der Waals surface area contributed by atoms with E-state index < -0.39 is 0 Å². The van der Waals surface area contributed by atoms with Crippen LogP contribution in [0.25, 0.3) is 0 Å². The van der Waals surface area contributed by atoms with Crippen LogP contribution in [0.4, 0.5) is 0 Å². The van der Waals surface area contributed by atoms with E-state index in [1.54, 1.807) is 0 Å². The molecule has 0 bridgehead atoms. The molecule has 0 fully saturated rings. The number of carbonyl (C=O) groups excluding carboxylic acids is 1. The van der Waals surface area contributed by atoms with E-state index in [-0.39, 0.29) is 17.5 Å². The van der Waals surface area contributed by atoms with Gasteiger partial charge in [-0.1, -0.05) is 22.9 Å². The van der Waals surface area contributed by atoms with Crippen molar-refractivity contribution in [1.29, 1.82) is 0 Å². The Labute approximate surface area is 62.6 Å². The second-order valence-corrected chi connectivity index (χ2v) is 2.68. The second kappa shape index (κ2) is 4.76. The highest BCUT2D eigenvalue weighted by Gasteiger charge is 2.09. The van der Waals surface area contributed by atoms with Gasteiger partial charge < -0.3 is 10.4 Å². The van der Waals surface area contributed by atoms with E-state index in [0.717, 1.165) is 6.42 Å². The van der Waals surface area contributed by atoms with Crippen molar-refractivity contribution in [2.45, 2.75) is 18.2 Å². The van der Waals surface area contributed by atoms with Crippen LogP contribution in [0.15, 0.2) is 0 Å². The zero-order valence-corrected chi connectivity index (χ0v) is 6.81. The molecule has 3 nitrogen and oxygen atoms in total. The van der Waals surface area contributed by atoms with Crippen molar-refractivity contribution in [3.05, 3.63) is 0 Å². The van der Waals surface area contributed by atoms with E-state index >= 15 is 0 Å². The van der Waals surface area contributed by atoms with E-state index in [0.29, 0.717) is 0 Å². The molecule has 0 aliphatic rings. The zero-order chi connectivity index (χ0) is 7.28. The summed E-state index contributed by atoms with van der Waals surface area (Å²) < 4.78 is 0. The Morgan fingerprint density at radius 1 is 1.89 bits per heavy atom. The lowest BCUT2D eigenvalue weighted by atomic mass is 10.3. The standard InChI is InChI=1S/C5H10BrNO2/c1-2-4(6)5(9)7-3-8/h4,8H,2-3H2,1H3,(H,7,9).